The maximum Gasteiger partial charge on any atom is 0.313 e. The number of nitrogens with zero attached hydrogens (tertiary/aromatic N) is 3. The van der Waals surface area contributed by atoms with Gasteiger partial charge in [-0.25, -0.2) is 9.97 Å². The first-order valence-corrected chi connectivity index (χ1v) is 7.70. The number of aromatic nitrogens is 3. The van der Waals surface area contributed by atoms with Gasteiger partial charge in [-0.3, -0.25) is 4.79 Å². The minimum atomic E-state index is -0.826. The number of imidazole rings is 1. The lowest BCUT2D eigenvalue weighted by atomic mass is 10.4. The van der Waals surface area contributed by atoms with Gasteiger partial charge >= 0.3 is 5.97 Å². The van der Waals surface area contributed by atoms with Crippen molar-refractivity contribution in [2.45, 2.75) is 32.0 Å². The summed E-state index contributed by atoms with van der Waals surface area (Å²) in [5.41, 5.74) is 2.09. The van der Waals surface area contributed by atoms with Crippen LogP contribution < -0.4 is 0 Å². The van der Waals surface area contributed by atoms with Crippen molar-refractivity contribution in [2.75, 3.05) is 5.75 Å². The van der Waals surface area contributed by atoms with E-state index >= 15 is 0 Å². The van der Waals surface area contributed by atoms with Gasteiger partial charge in [0.2, 0.25) is 0 Å². The summed E-state index contributed by atoms with van der Waals surface area (Å²) < 4.78 is 2.05. The average Bonchev–Trinajstić information content (AvgIpc) is 2.91. The molecule has 1 N–H and O–H groups in total. The highest BCUT2D eigenvalue weighted by molar-refractivity contribution is 7.99. The molecule has 0 atom stereocenters. The van der Waals surface area contributed by atoms with E-state index in [0.717, 1.165) is 34.5 Å². The molecule has 2 aromatic heterocycles. The van der Waals surface area contributed by atoms with Gasteiger partial charge in [0.05, 0.1) is 10.8 Å². The van der Waals surface area contributed by atoms with Gasteiger partial charge in [-0.2, -0.15) is 0 Å². The molecule has 0 radical (unpaired) electrons. The Bertz CT molecular complexity index is 577. The third kappa shape index (κ3) is 3.81. The Labute approximate surface area is 119 Å². The fraction of sp³-hybridized carbons (Fsp3) is 0.417. The summed E-state index contributed by atoms with van der Waals surface area (Å²) in [7, 11) is 0. The molecule has 0 amide bonds. The topological polar surface area (TPSA) is 68.0 Å². The predicted octanol–water partition coefficient (Wildman–Crippen LogP) is 2.38. The van der Waals surface area contributed by atoms with Crippen molar-refractivity contribution in [3.8, 4) is 0 Å². The molecule has 0 aromatic carbocycles. The normalized spacial score (nSPS) is 10.8. The zero-order chi connectivity index (χ0) is 13.8. The third-order valence-corrected chi connectivity index (χ3v) is 4.56. The summed E-state index contributed by atoms with van der Waals surface area (Å²) >= 11 is 2.91. The highest BCUT2D eigenvalue weighted by Gasteiger charge is 2.10. The van der Waals surface area contributed by atoms with Crippen LogP contribution in [0.1, 0.15) is 16.4 Å². The minimum Gasteiger partial charge on any atom is -0.481 e. The van der Waals surface area contributed by atoms with Gasteiger partial charge in [-0.15, -0.1) is 11.3 Å². The second-order valence-corrected chi connectivity index (χ2v) is 6.03. The van der Waals surface area contributed by atoms with Crippen LogP contribution >= 0.6 is 23.1 Å². The maximum atomic E-state index is 10.6. The second kappa shape index (κ2) is 6.21. The first-order valence-electron chi connectivity index (χ1n) is 5.84. The molecule has 0 bridgehead atoms. The van der Waals surface area contributed by atoms with Crippen LogP contribution in [0.2, 0.25) is 0 Å². The Hall–Kier alpha value is -1.34. The standard InChI is InChI=1S/C12H15N3O2S2/c1-8-6-18-10(14-8)3-4-15-9(2)5-13-12(15)19-7-11(16)17/h5-6H,3-4,7H2,1-2H3,(H,16,17). The van der Waals surface area contributed by atoms with Gasteiger partial charge < -0.3 is 9.67 Å². The van der Waals surface area contributed by atoms with E-state index < -0.39 is 5.97 Å². The van der Waals surface area contributed by atoms with Gasteiger partial charge in [0.1, 0.15) is 0 Å². The summed E-state index contributed by atoms with van der Waals surface area (Å²) in [6, 6.07) is 0. The molecular weight excluding hydrogens is 282 g/mol. The number of thioether (sulfide) groups is 1. The summed E-state index contributed by atoms with van der Waals surface area (Å²) in [4.78, 5) is 19.3. The molecule has 2 aromatic rings. The number of thiazole rings is 1. The number of hydrogen-bond donors (Lipinski definition) is 1. The van der Waals surface area contributed by atoms with Gasteiger partial charge in [-0.1, -0.05) is 11.8 Å². The number of carboxylic acids is 1. The lowest BCUT2D eigenvalue weighted by molar-refractivity contribution is -0.133. The Morgan fingerprint density at radius 3 is 2.95 bits per heavy atom. The molecule has 2 heterocycles. The smallest absolute Gasteiger partial charge is 0.313 e. The number of carbonyl (C=O) groups is 1. The van der Waals surface area contributed by atoms with Crippen LogP contribution in [0.25, 0.3) is 0 Å². The number of rotatable bonds is 6. The van der Waals surface area contributed by atoms with Crippen molar-refractivity contribution in [3.63, 3.8) is 0 Å². The van der Waals surface area contributed by atoms with E-state index in [0.29, 0.717) is 0 Å². The van der Waals surface area contributed by atoms with Crippen LogP contribution in [-0.2, 0) is 17.8 Å². The molecule has 0 aliphatic heterocycles. The summed E-state index contributed by atoms with van der Waals surface area (Å²) in [6.07, 6.45) is 2.62. The lowest BCUT2D eigenvalue weighted by Gasteiger charge is -2.07. The molecule has 0 spiro atoms. The van der Waals surface area contributed by atoms with Crippen molar-refractivity contribution in [3.05, 3.63) is 28.0 Å². The van der Waals surface area contributed by atoms with E-state index in [-0.39, 0.29) is 5.75 Å². The van der Waals surface area contributed by atoms with Gasteiger partial charge in [0.15, 0.2) is 5.16 Å². The SMILES string of the molecule is Cc1csc(CCn2c(C)cnc2SCC(=O)O)n1. The Morgan fingerprint density at radius 2 is 2.32 bits per heavy atom. The van der Waals surface area contributed by atoms with Crippen LogP contribution in [0, 0.1) is 13.8 Å². The monoisotopic (exact) mass is 297 g/mol. The van der Waals surface area contributed by atoms with E-state index in [4.69, 9.17) is 5.11 Å². The first kappa shape index (κ1) is 14.1. The van der Waals surface area contributed by atoms with Crippen LogP contribution in [0.5, 0.6) is 0 Å². The Kier molecular flexibility index (Phi) is 4.60. The van der Waals surface area contributed by atoms with Crippen LogP contribution in [0.15, 0.2) is 16.7 Å². The van der Waals surface area contributed by atoms with E-state index in [1.807, 2.05) is 23.8 Å². The van der Waals surface area contributed by atoms with Crippen molar-refractivity contribution >= 4 is 29.1 Å². The largest absolute Gasteiger partial charge is 0.481 e. The molecule has 0 saturated carbocycles. The van der Waals surface area contributed by atoms with Crippen molar-refractivity contribution in [1.82, 2.24) is 14.5 Å². The van der Waals surface area contributed by atoms with Crippen LogP contribution in [-0.4, -0.2) is 31.4 Å². The molecule has 7 heteroatoms. The van der Waals surface area contributed by atoms with Crippen molar-refractivity contribution in [1.29, 1.82) is 0 Å². The van der Waals surface area contributed by atoms with Gasteiger partial charge in [0, 0.05) is 35.9 Å². The third-order valence-electron chi connectivity index (χ3n) is 2.56. The number of hydrogen-bond acceptors (Lipinski definition) is 5. The average molecular weight is 297 g/mol. The predicted molar refractivity (Wildman–Crippen MR) is 75.9 cm³/mol. The zero-order valence-corrected chi connectivity index (χ0v) is 12.4. The maximum absolute atomic E-state index is 10.6. The lowest BCUT2D eigenvalue weighted by Crippen LogP contribution is -2.06. The molecule has 0 unspecified atom stereocenters. The zero-order valence-electron chi connectivity index (χ0n) is 10.8. The number of aliphatic carboxylic acids is 1. The van der Waals surface area contributed by atoms with Gasteiger partial charge in [-0.05, 0) is 13.8 Å². The fourth-order valence-corrected chi connectivity index (χ4v) is 3.21. The highest BCUT2D eigenvalue weighted by Crippen LogP contribution is 2.19. The molecule has 19 heavy (non-hydrogen) atoms. The summed E-state index contributed by atoms with van der Waals surface area (Å²) in [6.45, 7) is 4.74. The molecule has 5 nitrogen and oxygen atoms in total. The molecule has 0 aliphatic rings. The Morgan fingerprint density at radius 1 is 1.53 bits per heavy atom. The van der Waals surface area contributed by atoms with Gasteiger partial charge in [0.25, 0.3) is 0 Å². The molecule has 0 saturated heterocycles. The van der Waals surface area contributed by atoms with E-state index in [1.54, 1.807) is 17.5 Å². The van der Waals surface area contributed by atoms with Crippen molar-refractivity contribution < 1.29 is 9.90 Å². The molecule has 102 valence electrons. The van der Waals surface area contributed by atoms with E-state index in [2.05, 4.69) is 9.97 Å². The first-order chi connectivity index (χ1) is 9.06. The molecular formula is C12H15N3O2S2. The van der Waals surface area contributed by atoms with Crippen LogP contribution in [0.4, 0.5) is 0 Å². The highest BCUT2D eigenvalue weighted by atomic mass is 32.2. The number of carboxylic acid groups (broad SMARTS) is 1. The summed E-state index contributed by atoms with van der Waals surface area (Å²) in [5, 5.41) is 12.6. The molecule has 0 fully saturated rings. The van der Waals surface area contributed by atoms with E-state index in [1.165, 1.54) is 11.8 Å². The van der Waals surface area contributed by atoms with Crippen LogP contribution in [0.3, 0.4) is 0 Å². The number of aryl methyl sites for hydroxylation is 3. The second-order valence-electron chi connectivity index (χ2n) is 4.15. The molecule has 0 aliphatic carbocycles. The molecule has 2 rings (SSSR count). The summed E-state index contributed by atoms with van der Waals surface area (Å²) in [5.74, 6) is -0.792. The van der Waals surface area contributed by atoms with Crippen molar-refractivity contribution in [2.24, 2.45) is 0 Å². The quantitative estimate of drug-likeness (QED) is 0.829. The fourth-order valence-electron chi connectivity index (χ4n) is 1.68. The minimum absolute atomic E-state index is 0.0345. The Balaban J connectivity index is 2.02. The van der Waals surface area contributed by atoms with E-state index in [9.17, 15) is 4.79 Å².